The van der Waals surface area contributed by atoms with Gasteiger partial charge in [0.25, 0.3) is 0 Å². The number of carbonyl (C=O) groups excluding carboxylic acids is 1. The molecule has 0 bridgehead atoms. The third-order valence-electron chi connectivity index (χ3n) is 2.48. The number of nitrogens with zero attached hydrogens (tertiary/aromatic N) is 1. The smallest absolute Gasteiger partial charge is 0.228 e. The van der Waals surface area contributed by atoms with Crippen LogP contribution in [-0.4, -0.2) is 23.9 Å². The third-order valence-corrected chi connectivity index (χ3v) is 2.48. The molecule has 0 spiro atoms. The molecule has 2 heteroatoms. The first-order chi connectivity index (χ1) is 5.08. The van der Waals surface area contributed by atoms with E-state index >= 15 is 0 Å². The third kappa shape index (κ3) is 1.55. The number of rotatable bonds is 1. The molecule has 0 saturated carbocycles. The van der Waals surface area contributed by atoms with Gasteiger partial charge in [-0.1, -0.05) is 13.8 Å². The van der Waals surface area contributed by atoms with Crippen molar-refractivity contribution in [1.29, 1.82) is 0 Å². The maximum atomic E-state index is 11.6. The Morgan fingerprint density at radius 1 is 1.55 bits per heavy atom. The molecule has 1 aliphatic heterocycles. The molecule has 0 unspecified atom stereocenters. The lowest BCUT2D eigenvalue weighted by Crippen LogP contribution is -2.45. The van der Waals surface area contributed by atoms with E-state index in [9.17, 15) is 4.79 Å². The molecule has 0 atom stereocenters. The van der Waals surface area contributed by atoms with Gasteiger partial charge in [0.15, 0.2) is 0 Å². The Hall–Kier alpha value is -0.530. The molecule has 0 radical (unpaired) electrons. The molecule has 0 aromatic heterocycles. The second-order valence-corrected chi connectivity index (χ2v) is 3.87. The molecule has 0 aromatic carbocycles. The second-order valence-electron chi connectivity index (χ2n) is 3.87. The van der Waals surface area contributed by atoms with Crippen LogP contribution in [-0.2, 0) is 4.79 Å². The highest BCUT2D eigenvalue weighted by Gasteiger charge is 2.34. The van der Waals surface area contributed by atoms with E-state index in [0.717, 1.165) is 25.9 Å². The Balaban J connectivity index is 2.68. The van der Waals surface area contributed by atoms with E-state index in [4.69, 9.17) is 0 Å². The normalized spacial score (nSPS) is 23.9. The van der Waals surface area contributed by atoms with Gasteiger partial charge in [-0.2, -0.15) is 0 Å². The highest BCUT2D eigenvalue weighted by Crippen LogP contribution is 2.29. The summed E-state index contributed by atoms with van der Waals surface area (Å²) in [5, 5.41) is 0. The molecular formula is C9H17NO. The van der Waals surface area contributed by atoms with Crippen LogP contribution < -0.4 is 0 Å². The SMILES string of the molecule is CCN1CCCC(C)(C)C1=O. The van der Waals surface area contributed by atoms with Crippen molar-refractivity contribution in [3.05, 3.63) is 0 Å². The second kappa shape index (κ2) is 2.84. The summed E-state index contributed by atoms with van der Waals surface area (Å²) in [5.41, 5.74) is -0.103. The molecule has 1 aliphatic rings. The van der Waals surface area contributed by atoms with Crippen molar-refractivity contribution in [2.45, 2.75) is 33.6 Å². The molecular weight excluding hydrogens is 138 g/mol. The minimum atomic E-state index is -0.103. The summed E-state index contributed by atoms with van der Waals surface area (Å²) in [6.07, 6.45) is 2.20. The summed E-state index contributed by atoms with van der Waals surface area (Å²) in [7, 11) is 0. The zero-order valence-electron chi connectivity index (χ0n) is 7.68. The number of amides is 1. The van der Waals surface area contributed by atoms with Gasteiger partial charge in [-0.25, -0.2) is 0 Å². The van der Waals surface area contributed by atoms with Crippen LogP contribution in [0.3, 0.4) is 0 Å². The van der Waals surface area contributed by atoms with E-state index in [-0.39, 0.29) is 5.41 Å². The van der Waals surface area contributed by atoms with Crippen LogP contribution in [0.15, 0.2) is 0 Å². The van der Waals surface area contributed by atoms with Gasteiger partial charge in [0.2, 0.25) is 5.91 Å². The van der Waals surface area contributed by atoms with Crippen LogP contribution in [0.5, 0.6) is 0 Å². The van der Waals surface area contributed by atoms with Crippen LogP contribution in [0.1, 0.15) is 33.6 Å². The van der Waals surface area contributed by atoms with Gasteiger partial charge in [-0.05, 0) is 19.8 Å². The van der Waals surface area contributed by atoms with Crippen LogP contribution in [0.25, 0.3) is 0 Å². The topological polar surface area (TPSA) is 20.3 Å². The average Bonchev–Trinajstić information content (AvgIpc) is 1.95. The van der Waals surface area contributed by atoms with Crippen LogP contribution in [0, 0.1) is 5.41 Å². The zero-order valence-corrected chi connectivity index (χ0v) is 7.68. The molecule has 1 amide bonds. The number of hydrogen-bond acceptors (Lipinski definition) is 1. The predicted molar refractivity (Wildman–Crippen MR) is 45.3 cm³/mol. The molecule has 1 saturated heterocycles. The summed E-state index contributed by atoms with van der Waals surface area (Å²) in [5.74, 6) is 0.325. The minimum Gasteiger partial charge on any atom is -0.343 e. The monoisotopic (exact) mass is 155 g/mol. The summed E-state index contributed by atoms with van der Waals surface area (Å²) >= 11 is 0. The predicted octanol–water partition coefficient (Wildman–Crippen LogP) is 1.65. The van der Waals surface area contributed by atoms with Crippen molar-refractivity contribution in [1.82, 2.24) is 4.90 Å². The lowest BCUT2D eigenvalue weighted by atomic mass is 9.83. The van der Waals surface area contributed by atoms with E-state index < -0.39 is 0 Å². The molecule has 0 aromatic rings. The molecule has 0 aliphatic carbocycles. The Labute approximate surface area is 68.6 Å². The van der Waals surface area contributed by atoms with Gasteiger partial charge in [0.05, 0.1) is 0 Å². The van der Waals surface area contributed by atoms with Crippen molar-refractivity contribution in [2.24, 2.45) is 5.41 Å². The fourth-order valence-electron chi connectivity index (χ4n) is 1.65. The number of hydrogen-bond donors (Lipinski definition) is 0. The maximum absolute atomic E-state index is 11.6. The van der Waals surface area contributed by atoms with Gasteiger partial charge < -0.3 is 4.90 Å². The molecule has 64 valence electrons. The first kappa shape index (κ1) is 8.57. The van der Waals surface area contributed by atoms with Crippen LogP contribution in [0.4, 0.5) is 0 Å². The summed E-state index contributed by atoms with van der Waals surface area (Å²) in [4.78, 5) is 13.6. The standard InChI is InChI=1S/C9H17NO/c1-4-10-7-5-6-9(2,3)8(10)11/h4-7H2,1-3H3. The summed E-state index contributed by atoms with van der Waals surface area (Å²) in [6, 6.07) is 0. The lowest BCUT2D eigenvalue weighted by molar-refractivity contribution is -0.143. The van der Waals surface area contributed by atoms with Crippen molar-refractivity contribution in [2.75, 3.05) is 13.1 Å². The van der Waals surface area contributed by atoms with Crippen molar-refractivity contribution in [3.63, 3.8) is 0 Å². The molecule has 2 nitrogen and oxygen atoms in total. The van der Waals surface area contributed by atoms with Gasteiger partial charge >= 0.3 is 0 Å². The van der Waals surface area contributed by atoms with Gasteiger partial charge in [-0.3, -0.25) is 4.79 Å². The fourth-order valence-corrected chi connectivity index (χ4v) is 1.65. The Morgan fingerprint density at radius 2 is 2.18 bits per heavy atom. The summed E-state index contributed by atoms with van der Waals surface area (Å²) in [6.45, 7) is 7.94. The van der Waals surface area contributed by atoms with E-state index in [2.05, 4.69) is 0 Å². The van der Waals surface area contributed by atoms with Gasteiger partial charge in [0, 0.05) is 18.5 Å². The van der Waals surface area contributed by atoms with E-state index in [1.165, 1.54) is 0 Å². The van der Waals surface area contributed by atoms with E-state index in [1.54, 1.807) is 0 Å². The number of carbonyl (C=O) groups is 1. The van der Waals surface area contributed by atoms with Crippen molar-refractivity contribution < 1.29 is 4.79 Å². The van der Waals surface area contributed by atoms with Crippen molar-refractivity contribution in [3.8, 4) is 0 Å². The molecule has 11 heavy (non-hydrogen) atoms. The zero-order chi connectivity index (χ0) is 8.48. The minimum absolute atomic E-state index is 0.103. The highest BCUT2D eigenvalue weighted by molar-refractivity contribution is 5.82. The van der Waals surface area contributed by atoms with Gasteiger partial charge in [-0.15, -0.1) is 0 Å². The van der Waals surface area contributed by atoms with Crippen LogP contribution in [0.2, 0.25) is 0 Å². The van der Waals surface area contributed by atoms with E-state index in [0.29, 0.717) is 5.91 Å². The lowest BCUT2D eigenvalue weighted by Gasteiger charge is -2.36. The highest BCUT2D eigenvalue weighted by atomic mass is 16.2. The Kier molecular flexibility index (Phi) is 2.21. The quantitative estimate of drug-likeness (QED) is 0.564. The van der Waals surface area contributed by atoms with Crippen LogP contribution >= 0.6 is 0 Å². The first-order valence-corrected chi connectivity index (χ1v) is 4.37. The average molecular weight is 155 g/mol. The van der Waals surface area contributed by atoms with Gasteiger partial charge in [0.1, 0.15) is 0 Å². The maximum Gasteiger partial charge on any atom is 0.228 e. The number of piperidine rings is 1. The molecule has 0 N–H and O–H groups in total. The molecule has 1 heterocycles. The molecule has 1 fully saturated rings. The summed E-state index contributed by atoms with van der Waals surface area (Å²) < 4.78 is 0. The number of likely N-dealkylation sites (tertiary alicyclic amines) is 1. The fraction of sp³-hybridized carbons (Fsp3) is 0.889. The Morgan fingerprint density at radius 3 is 2.64 bits per heavy atom. The Bertz CT molecular complexity index is 163. The largest absolute Gasteiger partial charge is 0.343 e. The first-order valence-electron chi connectivity index (χ1n) is 4.37. The van der Waals surface area contributed by atoms with E-state index in [1.807, 2.05) is 25.7 Å². The molecule has 1 rings (SSSR count). The van der Waals surface area contributed by atoms with Crippen molar-refractivity contribution >= 4 is 5.91 Å².